The lowest BCUT2D eigenvalue weighted by molar-refractivity contribution is 0.0557. The zero-order valence-electron chi connectivity index (χ0n) is 12.4. The highest BCUT2D eigenvalue weighted by Gasteiger charge is 2.40. The maximum Gasteiger partial charge on any atom is 0.136 e. The largest absolute Gasteiger partial charge is 0.456 e. The molecule has 0 radical (unpaired) electrons. The number of aromatic nitrogens is 1. The monoisotopic (exact) mass is 284 g/mol. The van der Waals surface area contributed by atoms with E-state index in [0.717, 1.165) is 29.8 Å². The molecule has 1 aliphatic rings. The second-order valence-corrected chi connectivity index (χ2v) is 5.74. The van der Waals surface area contributed by atoms with Crippen molar-refractivity contribution in [3.63, 3.8) is 0 Å². The first kappa shape index (κ1) is 14.0. The number of rotatable bonds is 4. The smallest absolute Gasteiger partial charge is 0.136 e. The summed E-state index contributed by atoms with van der Waals surface area (Å²) in [5.41, 5.74) is 0.542. The van der Waals surface area contributed by atoms with E-state index < -0.39 is 5.60 Å². The van der Waals surface area contributed by atoms with Crippen LogP contribution in [0.5, 0.6) is 11.5 Å². The van der Waals surface area contributed by atoms with Crippen molar-refractivity contribution in [1.29, 1.82) is 0 Å². The van der Waals surface area contributed by atoms with E-state index in [9.17, 15) is 5.11 Å². The Morgan fingerprint density at radius 3 is 2.71 bits per heavy atom. The highest BCUT2D eigenvalue weighted by molar-refractivity contribution is 5.54. The molecule has 21 heavy (non-hydrogen) atoms. The molecule has 4 nitrogen and oxygen atoms in total. The van der Waals surface area contributed by atoms with Crippen LogP contribution in [-0.2, 0) is 5.60 Å². The van der Waals surface area contributed by atoms with Crippen LogP contribution < -0.4 is 4.74 Å². The molecule has 1 aliphatic heterocycles. The third-order valence-electron chi connectivity index (χ3n) is 3.92. The molecule has 1 aromatic heterocycles. The molecule has 0 amide bonds. The summed E-state index contributed by atoms with van der Waals surface area (Å²) in [6.07, 6.45) is 4.93. The number of fused-ring (bicyclic) bond motifs is 2. The number of pyridine rings is 1. The van der Waals surface area contributed by atoms with Crippen molar-refractivity contribution in [2.24, 2.45) is 0 Å². The number of hydrogen-bond acceptors (Lipinski definition) is 4. The van der Waals surface area contributed by atoms with Crippen LogP contribution in [0.15, 0.2) is 42.7 Å². The van der Waals surface area contributed by atoms with Crippen LogP contribution in [0.2, 0.25) is 0 Å². The van der Waals surface area contributed by atoms with Gasteiger partial charge >= 0.3 is 0 Å². The second-order valence-electron chi connectivity index (χ2n) is 5.74. The van der Waals surface area contributed by atoms with Crippen LogP contribution in [0.3, 0.4) is 0 Å². The van der Waals surface area contributed by atoms with E-state index in [1.807, 2.05) is 44.4 Å². The first-order valence-corrected chi connectivity index (χ1v) is 7.20. The van der Waals surface area contributed by atoms with Gasteiger partial charge in [-0.2, -0.15) is 0 Å². The summed E-state index contributed by atoms with van der Waals surface area (Å²) < 4.78 is 5.89. The van der Waals surface area contributed by atoms with Gasteiger partial charge in [0.1, 0.15) is 17.1 Å². The summed E-state index contributed by atoms with van der Waals surface area (Å²) in [6.45, 7) is 0.931. The molecule has 0 saturated carbocycles. The fourth-order valence-corrected chi connectivity index (χ4v) is 2.86. The van der Waals surface area contributed by atoms with E-state index >= 15 is 0 Å². The first-order valence-electron chi connectivity index (χ1n) is 7.20. The van der Waals surface area contributed by atoms with Gasteiger partial charge in [0.15, 0.2) is 0 Å². The minimum atomic E-state index is -1.03. The lowest BCUT2D eigenvalue weighted by Gasteiger charge is -2.35. The summed E-state index contributed by atoms with van der Waals surface area (Å²) in [5, 5.41) is 11.3. The predicted molar refractivity (Wildman–Crippen MR) is 81.5 cm³/mol. The quantitative estimate of drug-likeness (QED) is 0.937. The molecular formula is C17H20N2O2. The van der Waals surface area contributed by atoms with E-state index in [-0.39, 0.29) is 0 Å². The van der Waals surface area contributed by atoms with Gasteiger partial charge in [0.25, 0.3) is 0 Å². The van der Waals surface area contributed by atoms with Gasteiger partial charge in [-0.25, -0.2) is 0 Å². The molecule has 1 atom stereocenters. The first-order chi connectivity index (χ1) is 10.1. The van der Waals surface area contributed by atoms with E-state index in [4.69, 9.17) is 4.74 Å². The van der Waals surface area contributed by atoms with Crippen molar-refractivity contribution in [3.8, 4) is 11.5 Å². The summed E-state index contributed by atoms with van der Waals surface area (Å²) in [7, 11) is 4.08. The molecule has 4 heteroatoms. The maximum atomic E-state index is 11.3. The molecule has 1 N–H and O–H groups in total. The van der Waals surface area contributed by atoms with Crippen molar-refractivity contribution in [2.45, 2.75) is 18.4 Å². The molecule has 0 aliphatic carbocycles. The van der Waals surface area contributed by atoms with Crippen LogP contribution in [0, 0.1) is 0 Å². The van der Waals surface area contributed by atoms with E-state index in [1.54, 1.807) is 12.4 Å². The minimum absolute atomic E-state index is 0.643. The van der Waals surface area contributed by atoms with Crippen LogP contribution in [0.25, 0.3) is 0 Å². The van der Waals surface area contributed by atoms with Crippen molar-refractivity contribution >= 4 is 0 Å². The summed E-state index contributed by atoms with van der Waals surface area (Å²) in [6, 6.07) is 9.49. The SMILES string of the molecule is CN(C)CCC[C@@]1(O)c2ccccc2Oc2ccncc21. The fraction of sp³-hybridized carbons (Fsp3) is 0.353. The number of ether oxygens (including phenoxy) is 1. The van der Waals surface area contributed by atoms with Gasteiger partial charge in [-0.1, -0.05) is 18.2 Å². The van der Waals surface area contributed by atoms with Crippen molar-refractivity contribution < 1.29 is 9.84 Å². The molecule has 3 rings (SSSR count). The number of benzene rings is 1. The van der Waals surface area contributed by atoms with Gasteiger partial charge in [-0.05, 0) is 45.6 Å². The van der Waals surface area contributed by atoms with Gasteiger partial charge in [-0.3, -0.25) is 4.98 Å². The minimum Gasteiger partial charge on any atom is -0.456 e. The van der Waals surface area contributed by atoms with Crippen LogP contribution in [0.1, 0.15) is 24.0 Å². The maximum absolute atomic E-state index is 11.3. The Morgan fingerprint density at radius 1 is 1.14 bits per heavy atom. The second kappa shape index (κ2) is 5.47. The molecule has 110 valence electrons. The van der Waals surface area contributed by atoms with Gasteiger partial charge in [0, 0.05) is 23.5 Å². The van der Waals surface area contributed by atoms with E-state index in [2.05, 4.69) is 9.88 Å². The molecule has 0 saturated heterocycles. The topological polar surface area (TPSA) is 45.6 Å². The van der Waals surface area contributed by atoms with Gasteiger partial charge in [0.05, 0.1) is 0 Å². The van der Waals surface area contributed by atoms with E-state index in [1.165, 1.54) is 0 Å². The fourth-order valence-electron chi connectivity index (χ4n) is 2.86. The van der Waals surface area contributed by atoms with Crippen molar-refractivity contribution in [2.75, 3.05) is 20.6 Å². The lowest BCUT2D eigenvalue weighted by Crippen LogP contribution is -2.32. The predicted octanol–water partition coefficient (Wildman–Crippen LogP) is 2.77. The van der Waals surface area contributed by atoms with Gasteiger partial charge < -0.3 is 14.7 Å². The lowest BCUT2D eigenvalue weighted by atomic mass is 9.81. The number of aliphatic hydroxyl groups is 1. The molecule has 0 fully saturated rings. The number of para-hydroxylation sites is 1. The van der Waals surface area contributed by atoms with Crippen LogP contribution >= 0.6 is 0 Å². The average Bonchev–Trinajstić information content (AvgIpc) is 2.47. The Balaban J connectivity index is 2.01. The van der Waals surface area contributed by atoms with E-state index in [0.29, 0.717) is 12.2 Å². The van der Waals surface area contributed by atoms with Crippen LogP contribution in [0.4, 0.5) is 0 Å². The highest BCUT2D eigenvalue weighted by Crippen LogP contribution is 2.48. The van der Waals surface area contributed by atoms with Crippen molar-refractivity contribution in [1.82, 2.24) is 9.88 Å². The Labute approximate surface area is 125 Å². The molecule has 0 spiro atoms. The highest BCUT2D eigenvalue weighted by atomic mass is 16.5. The summed E-state index contributed by atoms with van der Waals surface area (Å²) in [5.74, 6) is 1.42. The molecule has 0 unspecified atom stereocenters. The number of nitrogens with zero attached hydrogens (tertiary/aromatic N) is 2. The zero-order chi connectivity index (χ0) is 14.9. The van der Waals surface area contributed by atoms with Crippen molar-refractivity contribution in [3.05, 3.63) is 53.9 Å². The Hall–Kier alpha value is -1.91. The normalized spacial score (nSPS) is 19.8. The molecular weight excluding hydrogens is 264 g/mol. The third-order valence-corrected chi connectivity index (χ3v) is 3.92. The molecule has 0 bridgehead atoms. The van der Waals surface area contributed by atoms with Gasteiger partial charge in [-0.15, -0.1) is 0 Å². The Kier molecular flexibility index (Phi) is 3.66. The molecule has 2 aromatic rings. The van der Waals surface area contributed by atoms with Crippen LogP contribution in [-0.4, -0.2) is 35.6 Å². The molecule has 1 aromatic carbocycles. The van der Waals surface area contributed by atoms with Gasteiger partial charge in [0.2, 0.25) is 0 Å². The molecule has 2 heterocycles. The average molecular weight is 284 g/mol. The number of hydrogen-bond donors (Lipinski definition) is 1. The summed E-state index contributed by atoms with van der Waals surface area (Å²) >= 11 is 0. The Morgan fingerprint density at radius 2 is 1.90 bits per heavy atom. The Bertz CT molecular complexity index is 595. The summed E-state index contributed by atoms with van der Waals surface area (Å²) in [4.78, 5) is 6.28. The standard InChI is InChI=1S/C17H20N2O2/c1-19(2)11-5-9-17(20)13-6-3-4-7-15(13)21-16-8-10-18-12-14(16)17/h3-4,6-8,10,12,20H,5,9,11H2,1-2H3/t17-/m1/s1. The third kappa shape index (κ3) is 2.52. The zero-order valence-corrected chi connectivity index (χ0v) is 12.4.